The number of rotatable bonds is 17. The van der Waals surface area contributed by atoms with Crippen LogP contribution in [0.5, 0.6) is 5.75 Å². The number of aromatic amines is 1. The lowest BCUT2D eigenvalue weighted by Crippen LogP contribution is -2.60. The normalized spacial score (nSPS) is 26.4. The van der Waals surface area contributed by atoms with Crippen LogP contribution >= 0.6 is 11.8 Å². The Kier molecular flexibility index (Phi) is 22.6. The molecule has 0 spiro atoms. The van der Waals surface area contributed by atoms with Crippen LogP contribution in [0.1, 0.15) is 89.7 Å². The summed E-state index contributed by atoms with van der Waals surface area (Å²) < 4.78 is 21.2. The Morgan fingerprint density at radius 1 is 0.871 bits per heavy atom. The molecule has 6 heterocycles. The highest BCUT2D eigenvalue weighted by molar-refractivity contribution is 7.99. The molecule has 7 rings (SSSR count). The maximum absolute atomic E-state index is 15.4. The van der Waals surface area contributed by atoms with Crippen molar-refractivity contribution in [3.8, 4) is 5.75 Å². The number of methoxy groups -OCH3 is 1. The van der Waals surface area contributed by atoms with E-state index in [1.165, 1.54) is 37.9 Å². The van der Waals surface area contributed by atoms with E-state index in [-0.39, 0.29) is 58.7 Å². The third-order valence-electron chi connectivity index (χ3n) is 16.5. The molecule has 27 nitrogen and oxygen atoms in total. The standard InChI is InChI=1S/C56H76N10O17S2/c1-5-28(2)35-17-31(68)20-58-51(77)30-15-36-34-10-11-43(83-4)37(26-84-33-23-64(24-33)46(74)9-7-6-8-14-65-47(75)12-13-48(65)76)50(34)63-55(36)85(82)27-39(60-45(73)21-59-52(35)78)53(79)61-38(19-44(57)72)56(81)66-22-32(69)18-40(66)54(80)62-49(41(70)16-30)29(3)42(71)25-67/h10-13,28-30,32-33,35,38-40,42,49,63,67,69,71H,5-9,14-27H2,1-4H3,(H2,57,72)(H,58,77)(H,59,78)(H,60,73)(H,61,79)(H,62,80)/t28-,29-,30+,32+,35-,38-,39-,40-,42-,49-,85?/m0/s1. The number of nitrogens with one attached hydrogen (secondary N) is 6. The zero-order valence-corrected chi connectivity index (χ0v) is 49.5. The number of amides is 10. The zero-order valence-electron chi connectivity index (χ0n) is 47.9. The number of thioether (sulfide) groups is 1. The number of carbonyl (C=O) groups excluding carboxylic acids is 12. The summed E-state index contributed by atoms with van der Waals surface area (Å²) in [6.45, 7) is 3.19. The smallest absolute Gasteiger partial charge is 0.253 e. The predicted molar refractivity (Wildman–Crippen MR) is 306 cm³/mol. The third-order valence-corrected chi connectivity index (χ3v) is 19.1. The van der Waals surface area contributed by atoms with Gasteiger partial charge < -0.3 is 67.2 Å². The van der Waals surface area contributed by atoms with E-state index in [2.05, 4.69) is 31.6 Å². The summed E-state index contributed by atoms with van der Waals surface area (Å²) in [6, 6.07) is -3.70. The monoisotopic (exact) mass is 1220 g/mol. The van der Waals surface area contributed by atoms with E-state index in [0.29, 0.717) is 61.0 Å². The lowest BCUT2D eigenvalue weighted by molar-refractivity contribution is -0.144. The fourth-order valence-corrected chi connectivity index (χ4v) is 13.8. The molecule has 29 heteroatoms. The van der Waals surface area contributed by atoms with E-state index >= 15 is 4.21 Å². The van der Waals surface area contributed by atoms with Crippen LogP contribution in [0.2, 0.25) is 0 Å². The first-order valence-electron chi connectivity index (χ1n) is 28.5. The van der Waals surface area contributed by atoms with Crippen LogP contribution in [0, 0.1) is 23.7 Å². The Balaban J connectivity index is 1.29. The number of primary amides is 1. The maximum atomic E-state index is 15.4. The molecule has 11 N–H and O–H groups in total. The van der Waals surface area contributed by atoms with E-state index in [9.17, 15) is 72.9 Å². The van der Waals surface area contributed by atoms with Gasteiger partial charge in [-0.2, -0.15) is 0 Å². The van der Waals surface area contributed by atoms with E-state index in [1.54, 1.807) is 30.9 Å². The summed E-state index contributed by atoms with van der Waals surface area (Å²) in [4.78, 5) is 171. The number of nitrogens with zero attached hydrogens (tertiary/aromatic N) is 3. The summed E-state index contributed by atoms with van der Waals surface area (Å²) in [5.41, 5.74) is 6.68. The summed E-state index contributed by atoms with van der Waals surface area (Å²) in [5.74, 6) is -13.5. The number of aliphatic hydroxyl groups excluding tert-OH is 3. The van der Waals surface area contributed by atoms with Crippen molar-refractivity contribution in [1.29, 1.82) is 0 Å². The number of likely N-dealkylation sites (tertiary alicyclic amines) is 1. The predicted octanol–water partition coefficient (Wildman–Crippen LogP) is -2.51. The Hall–Kier alpha value is -7.08. The summed E-state index contributed by atoms with van der Waals surface area (Å²) in [7, 11) is -0.984. The van der Waals surface area contributed by atoms with E-state index in [4.69, 9.17) is 10.5 Å². The molecule has 2 saturated heterocycles. The Morgan fingerprint density at radius 3 is 2.25 bits per heavy atom. The lowest BCUT2D eigenvalue weighted by atomic mass is 9.85. The average molecular weight is 1230 g/mol. The molecule has 0 aliphatic carbocycles. The third kappa shape index (κ3) is 16.1. The molecule has 0 saturated carbocycles. The van der Waals surface area contributed by atoms with Crippen molar-refractivity contribution in [3.05, 3.63) is 35.4 Å². The Labute approximate surface area is 496 Å². The van der Waals surface area contributed by atoms with Gasteiger partial charge in [0.25, 0.3) is 11.8 Å². The molecule has 2 fully saturated rings. The zero-order chi connectivity index (χ0) is 62.0. The topological polar surface area (TPSA) is 404 Å². The van der Waals surface area contributed by atoms with Gasteiger partial charge in [0.1, 0.15) is 28.9 Å². The highest BCUT2D eigenvalue weighted by atomic mass is 32.2. The second-order valence-corrected chi connectivity index (χ2v) is 25.1. The van der Waals surface area contributed by atoms with E-state index in [0.717, 1.165) is 9.80 Å². The SMILES string of the molecule is CC[C@H](C)[C@@H]1CC(=O)CNC(=O)[C@H]2CC(=O)[C@H]([C@@H](C)[C@@H](O)CO)NC(=O)[C@@H]3C[C@@H](O)CN3C(=O)[C@H](CC(N)=O)NC(=O)[C@H](CS(=O)c3[nH]c4c(CSC5CN(C(=O)CCCCCN6C(=O)C=CC6=O)C5)c(OC)ccc4c3C2)NC(=O)CNC1=O. The first-order chi connectivity index (χ1) is 40.4. The molecule has 5 aliphatic rings. The van der Waals surface area contributed by atoms with Crippen molar-refractivity contribution in [3.63, 3.8) is 0 Å². The summed E-state index contributed by atoms with van der Waals surface area (Å²) in [5, 5.41) is 44.8. The number of ketones is 2. The number of carbonyl (C=O) groups is 12. The van der Waals surface area contributed by atoms with Gasteiger partial charge in [0.2, 0.25) is 47.3 Å². The largest absolute Gasteiger partial charge is 0.496 e. The molecule has 10 amide bonds. The van der Waals surface area contributed by atoms with Crippen molar-refractivity contribution in [2.75, 3.05) is 58.7 Å². The fraction of sp³-hybridized carbons (Fsp3) is 0.607. The van der Waals surface area contributed by atoms with Crippen molar-refractivity contribution in [2.24, 2.45) is 29.4 Å². The summed E-state index contributed by atoms with van der Waals surface area (Å²) >= 11 is 1.50. The molecule has 85 heavy (non-hydrogen) atoms. The molecule has 5 aliphatic heterocycles. The van der Waals surface area contributed by atoms with Crippen LogP contribution in [0.15, 0.2) is 29.3 Å². The molecular weight excluding hydrogens is 1150 g/mol. The molecule has 2 bridgehead atoms. The molecule has 464 valence electrons. The number of fused-ring (bicyclic) bond motifs is 5. The number of H-pyrrole nitrogens is 1. The van der Waals surface area contributed by atoms with Crippen LogP contribution in [0.4, 0.5) is 0 Å². The molecule has 1 aromatic carbocycles. The number of ether oxygens (including phenoxy) is 1. The number of aliphatic hydroxyl groups is 3. The number of benzene rings is 1. The number of nitrogens with two attached hydrogens (primary N) is 1. The molecule has 0 radical (unpaired) electrons. The highest BCUT2D eigenvalue weighted by Gasteiger charge is 2.45. The van der Waals surface area contributed by atoms with Gasteiger partial charge in [0, 0.05) is 104 Å². The second kappa shape index (κ2) is 29.3. The Bertz CT molecular complexity index is 2980. The van der Waals surface area contributed by atoms with Gasteiger partial charge in [-0.15, -0.1) is 11.8 Å². The van der Waals surface area contributed by atoms with Crippen molar-refractivity contribution in [2.45, 2.75) is 137 Å². The van der Waals surface area contributed by atoms with Gasteiger partial charge in [-0.3, -0.25) is 66.6 Å². The maximum Gasteiger partial charge on any atom is 0.253 e. The number of unbranched alkanes of at least 4 members (excludes halogenated alkanes) is 2. The lowest BCUT2D eigenvalue weighted by Gasteiger charge is -2.39. The number of hydrogen-bond acceptors (Lipinski definition) is 18. The fourth-order valence-electron chi connectivity index (χ4n) is 11.2. The van der Waals surface area contributed by atoms with Gasteiger partial charge in [-0.25, -0.2) is 0 Å². The first-order valence-corrected chi connectivity index (χ1v) is 30.9. The number of imide groups is 1. The minimum atomic E-state index is -2.42. The average Bonchev–Trinajstić information content (AvgIpc) is 2.48. The number of aromatic nitrogens is 1. The van der Waals surface area contributed by atoms with Crippen LogP contribution in [0.3, 0.4) is 0 Å². The molecule has 1 unspecified atom stereocenters. The van der Waals surface area contributed by atoms with Crippen LogP contribution in [-0.2, 0) is 80.5 Å². The minimum Gasteiger partial charge on any atom is -0.496 e. The summed E-state index contributed by atoms with van der Waals surface area (Å²) in [6.07, 6.45) is -0.944. The van der Waals surface area contributed by atoms with Gasteiger partial charge in [-0.05, 0) is 42.9 Å². The minimum absolute atomic E-state index is 0.0412. The second-order valence-electron chi connectivity index (χ2n) is 22.4. The molecular formula is C56H76N10O17S2. The van der Waals surface area contributed by atoms with Gasteiger partial charge in [-0.1, -0.05) is 33.6 Å². The van der Waals surface area contributed by atoms with Crippen molar-refractivity contribution in [1.82, 2.24) is 46.3 Å². The van der Waals surface area contributed by atoms with Crippen LogP contribution < -0.4 is 37.1 Å². The molecule has 1 aromatic heterocycles. The van der Waals surface area contributed by atoms with Gasteiger partial charge in [0.05, 0.1) is 73.5 Å². The van der Waals surface area contributed by atoms with Gasteiger partial charge in [0.15, 0.2) is 11.6 Å². The van der Waals surface area contributed by atoms with Crippen molar-refractivity contribution >= 4 is 104 Å². The Morgan fingerprint density at radius 2 is 1.58 bits per heavy atom. The van der Waals surface area contributed by atoms with Crippen molar-refractivity contribution < 1.29 is 81.8 Å². The highest BCUT2D eigenvalue weighted by Crippen LogP contribution is 2.39. The number of Topliss-reactive ketones (excluding diaryl/α,β-unsaturated/α-hetero) is 2. The molecule has 11 atom stereocenters. The van der Waals surface area contributed by atoms with Crippen LogP contribution in [-0.4, -0.2) is 210 Å². The van der Waals surface area contributed by atoms with E-state index in [1.807, 2.05) is 0 Å². The quantitative estimate of drug-likeness (QED) is 0.0578. The van der Waals surface area contributed by atoms with Gasteiger partial charge >= 0.3 is 0 Å². The molecule has 2 aromatic rings. The number of hydrogen-bond donors (Lipinski definition) is 10. The van der Waals surface area contributed by atoms with E-state index < -0.39 is 181 Å². The first kappa shape index (κ1) is 65.5. The van der Waals surface area contributed by atoms with Crippen LogP contribution in [0.25, 0.3) is 10.9 Å².